The van der Waals surface area contributed by atoms with Gasteiger partial charge < -0.3 is 20.3 Å². The zero-order valence-electron chi connectivity index (χ0n) is 16.5. The second-order valence-electron chi connectivity index (χ2n) is 7.24. The van der Waals surface area contributed by atoms with Crippen molar-refractivity contribution in [1.82, 2.24) is 15.5 Å². The van der Waals surface area contributed by atoms with Crippen LogP contribution in [0.25, 0.3) is 0 Å². The summed E-state index contributed by atoms with van der Waals surface area (Å²) in [6, 6.07) is 13.0. The molecule has 3 rings (SSSR count). The molecular weight excluding hydrogens is 376 g/mol. The Balaban J connectivity index is 1.73. The quantitative estimate of drug-likeness (QED) is 0.744. The number of ether oxygens (including phenoxy) is 1. The molecule has 156 valence electrons. The van der Waals surface area contributed by atoms with Crippen LogP contribution in [0.15, 0.2) is 48.5 Å². The summed E-state index contributed by atoms with van der Waals surface area (Å²) in [5.41, 5.74) is 1.75. The van der Waals surface area contributed by atoms with E-state index >= 15 is 0 Å². The molecule has 2 amide bonds. The van der Waals surface area contributed by atoms with Gasteiger partial charge in [0.25, 0.3) is 0 Å². The summed E-state index contributed by atoms with van der Waals surface area (Å²) in [6.07, 6.45) is 0.672. The molecule has 1 aliphatic heterocycles. The van der Waals surface area contributed by atoms with Gasteiger partial charge in [-0.15, -0.1) is 0 Å². The number of halogens is 2. The van der Waals surface area contributed by atoms with E-state index in [-0.39, 0.29) is 23.8 Å². The van der Waals surface area contributed by atoms with Crippen LogP contribution in [0.4, 0.5) is 13.6 Å². The van der Waals surface area contributed by atoms with E-state index in [9.17, 15) is 13.6 Å². The van der Waals surface area contributed by atoms with Crippen molar-refractivity contribution in [2.75, 3.05) is 26.9 Å². The summed E-state index contributed by atoms with van der Waals surface area (Å²) in [4.78, 5) is 14.7. The van der Waals surface area contributed by atoms with Crippen molar-refractivity contribution in [1.29, 1.82) is 0 Å². The Labute approximate surface area is 170 Å². The van der Waals surface area contributed by atoms with Crippen molar-refractivity contribution in [2.24, 2.45) is 5.92 Å². The summed E-state index contributed by atoms with van der Waals surface area (Å²) in [5.74, 6) is 0.155. The Morgan fingerprint density at radius 3 is 2.52 bits per heavy atom. The number of nitrogens with one attached hydrogen (secondary N) is 2. The zero-order valence-corrected chi connectivity index (χ0v) is 16.5. The molecule has 0 aromatic heterocycles. The van der Waals surface area contributed by atoms with E-state index in [4.69, 9.17) is 4.74 Å². The van der Waals surface area contributed by atoms with Gasteiger partial charge in [0.1, 0.15) is 11.6 Å². The van der Waals surface area contributed by atoms with E-state index in [0.717, 1.165) is 23.4 Å². The van der Waals surface area contributed by atoms with Crippen LogP contribution in [-0.4, -0.2) is 43.8 Å². The number of rotatable bonds is 7. The fraction of sp³-hybridized carbons (Fsp3) is 0.409. The molecular formula is C22H27F2N3O2. The minimum Gasteiger partial charge on any atom is -0.497 e. The molecule has 1 aliphatic rings. The fourth-order valence-electron chi connectivity index (χ4n) is 3.63. The maximum Gasteiger partial charge on any atom is 0.318 e. The van der Waals surface area contributed by atoms with Crippen molar-refractivity contribution in [2.45, 2.75) is 25.6 Å². The lowest BCUT2D eigenvalue weighted by atomic mass is 9.92. The van der Waals surface area contributed by atoms with Crippen molar-refractivity contribution in [3.05, 3.63) is 65.5 Å². The first-order valence-corrected chi connectivity index (χ1v) is 9.79. The lowest BCUT2D eigenvalue weighted by molar-refractivity contribution is 0.108. The molecule has 29 heavy (non-hydrogen) atoms. The topological polar surface area (TPSA) is 53.6 Å². The van der Waals surface area contributed by atoms with Crippen molar-refractivity contribution < 1.29 is 18.3 Å². The van der Waals surface area contributed by atoms with E-state index < -0.39 is 6.67 Å². The zero-order chi connectivity index (χ0) is 20.6. The van der Waals surface area contributed by atoms with E-state index in [1.165, 1.54) is 12.1 Å². The summed E-state index contributed by atoms with van der Waals surface area (Å²) in [5, 5.41) is 6.13. The number of hydrogen-bond donors (Lipinski definition) is 2. The van der Waals surface area contributed by atoms with Gasteiger partial charge in [0.05, 0.1) is 13.8 Å². The minimum absolute atomic E-state index is 0.220. The summed E-state index contributed by atoms with van der Waals surface area (Å²) in [7, 11) is 1.60. The normalized spacial score (nSPS) is 18.9. The molecule has 1 saturated heterocycles. The van der Waals surface area contributed by atoms with Crippen LogP contribution >= 0.6 is 0 Å². The third-order valence-electron chi connectivity index (χ3n) is 5.30. The molecule has 0 aliphatic carbocycles. The van der Waals surface area contributed by atoms with Gasteiger partial charge in [-0.2, -0.15) is 0 Å². The first-order valence-electron chi connectivity index (χ1n) is 9.79. The molecule has 0 spiro atoms. The van der Waals surface area contributed by atoms with Crippen molar-refractivity contribution >= 4 is 6.03 Å². The highest BCUT2D eigenvalue weighted by Crippen LogP contribution is 2.22. The number of hydrogen-bond acceptors (Lipinski definition) is 3. The highest BCUT2D eigenvalue weighted by Gasteiger charge is 2.33. The average molecular weight is 403 g/mol. The van der Waals surface area contributed by atoms with E-state index in [1.807, 2.05) is 24.3 Å². The SMILES string of the molecule is COc1ccc(CNC(=O)N(Cc2ccc(F)cc2)[C@@H]2CCNC[C@@H]2CF)cc1. The number of piperidine rings is 1. The van der Waals surface area contributed by atoms with Crippen LogP contribution in [-0.2, 0) is 13.1 Å². The Hall–Kier alpha value is -2.67. The minimum atomic E-state index is -0.497. The van der Waals surface area contributed by atoms with Crippen LogP contribution < -0.4 is 15.4 Å². The predicted molar refractivity (Wildman–Crippen MR) is 108 cm³/mol. The summed E-state index contributed by atoms with van der Waals surface area (Å²) >= 11 is 0. The number of benzene rings is 2. The van der Waals surface area contributed by atoms with Gasteiger partial charge in [-0.25, -0.2) is 9.18 Å². The van der Waals surface area contributed by atoms with Gasteiger partial charge in [0.15, 0.2) is 0 Å². The largest absolute Gasteiger partial charge is 0.497 e. The van der Waals surface area contributed by atoms with Crippen LogP contribution in [0.3, 0.4) is 0 Å². The van der Waals surface area contributed by atoms with Gasteiger partial charge in [-0.1, -0.05) is 24.3 Å². The van der Waals surface area contributed by atoms with Crippen LogP contribution in [0, 0.1) is 11.7 Å². The third-order valence-corrected chi connectivity index (χ3v) is 5.30. The van der Waals surface area contributed by atoms with E-state index in [0.29, 0.717) is 26.1 Å². The second-order valence-corrected chi connectivity index (χ2v) is 7.24. The molecule has 0 radical (unpaired) electrons. The second kappa shape index (κ2) is 10.2. The molecule has 2 atom stereocenters. The molecule has 2 aromatic carbocycles. The maximum atomic E-state index is 13.6. The average Bonchev–Trinajstić information content (AvgIpc) is 2.77. The Kier molecular flexibility index (Phi) is 7.41. The highest BCUT2D eigenvalue weighted by atomic mass is 19.1. The maximum absolute atomic E-state index is 13.6. The highest BCUT2D eigenvalue weighted by molar-refractivity contribution is 5.74. The number of alkyl halides is 1. The van der Waals surface area contributed by atoms with Gasteiger partial charge in [-0.3, -0.25) is 4.39 Å². The molecule has 2 N–H and O–H groups in total. The lowest BCUT2D eigenvalue weighted by Gasteiger charge is -2.39. The monoisotopic (exact) mass is 403 g/mol. The van der Waals surface area contributed by atoms with Gasteiger partial charge in [-0.05, 0) is 48.4 Å². The number of methoxy groups -OCH3 is 1. The molecule has 5 nitrogen and oxygen atoms in total. The van der Waals surface area contributed by atoms with Crippen LogP contribution in [0.5, 0.6) is 5.75 Å². The molecule has 2 aromatic rings. The van der Waals surface area contributed by atoms with Crippen LogP contribution in [0.1, 0.15) is 17.5 Å². The molecule has 0 saturated carbocycles. The molecule has 1 heterocycles. The number of carbonyl (C=O) groups is 1. The molecule has 7 heteroatoms. The Bertz CT molecular complexity index is 784. The van der Waals surface area contributed by atoms with Crippen molar-refractivity contribution in [3.8, 4) is 5.75 Å². The van der Waals surface area contributed by atoms with Gasteiger partial charge >= 0.3 is 6.03 Å². The van der Waals surface area contributed by atoms with E-state index in [2.05, 4.69) is 10.6 Å². The molecule has 1 fully saturated rings. The standard InChI is InChI=1S/C22H27F2N3O2/c1-29-20-8-4-16(5-9-20)13-26-22(28)27(15-17-2-6-19(24)7-3-17)21-10-11-25-14-18(21)12-23/h2-9,18,21,25H,10-15H2,1H3,(H,26,28)/t18-,21+/m0/s1. The Morgan fingerprint density at radius 1 is 1.17 bits per heavy atom. The first-order chi connectivity index (χ1) is 14.1. The number of urea groups is 1. The van der Waals surface area contributed by atoms with Crippen LogP contribution in [0.2, 0.25) is 0 Å². The predicted octanol–water partition coefficient (Wildman–Crippen LogP) is 3.49. The first kappa shape index (κ1) is 21.0. The molecule has 0 unspecified atom stereocenters. The molecule has 0 bridgehead atoms. The van der Waals surface area contributed by atoms with E-state index in [1.54, 1.807) is 24.1 Å². The Morgan fingerprint density at radius 2 is 1.86 bits per heavy atom. The third kappa shape index (κ3) is 5.67. The summed E-state index contributed by atoms with van der Waals surface area (Å²) < 4.78 is 32.0. The smallest absolute Gasteiger partial charge is 0.318 e. The fourth-order valence-corrected chi connectivity index (χ4v) is 3.63. The number of amides is 2. The lowest BCUT2D eigenvalue weighted by Crippen LogP contribution is -2.54. The van der Waals surface area contributed by atoms with Gasteiger partial charge in [0.2, 0.25) is 0 Å². The van der Waals surface area contributed by atoms with Crippen molar-refractivity contribution in [3.63, 3.8) is 0 Å². The summed E-state index contributed by atoms with van der Waals surface area (Å²) in [6.45, 7) is 1.42. The number of carbonyl (C=O) groups excluding carboxylic acids is 1. The van der Waals surface area contributed by atoms with Gasteiger partial charge in [0, 0.05) is 31.6 Å². The number of nitrogens with zero attached hydrogens (tertiary/aromatic N) is 1.